The van der Waals surface area contributed by atoms with Gasteiger partial charge in [-0.05, 0) is 30.5 Å². The fourth-order valence-corrected chi connectivity index (χ4v) is 1.46. The van der Waals surface area contributed by atoms with Crippen molar-refractivity contribution in [2.75, 3.05) is 0 Å². The normalized spacial score (nSPS) is 9.38. The molecule has 0 spiro atoms. The van der Waals surface area contributed by atoms with Gasteiger partial charge in [-0.3, -0.25) is 0 Å². The van der Waals surface area contributed by atoms with E-state index in [0.29, 0.717) is 5.82 Å². The van der Waals surface area contributed by atoms with Gasteiger partial charge in [-0.2, -0.15) is 0 Å². The van der Waals surface area contributed by atoms with Gasteiger partial charge in [-0.25, -0.2) is 9.97 Å². The molecular formula is C13H10N2S. The minimum Gasteiger partial charge on any atom is -0.229 e. The van der Waals surface area contributed by atoms with Crippen molar-refractivity contribution in [3.8, 4) is 23.0 Å². The number of rotatable bonds is 1. The van der Waals surface area contributed by atoms with Crippen LogP contribution in [0.5, 0.6) is 0 Å². The van der Waals surface area contributed by atoms with E-state index in [1.807, 2.05) is 24.3 Å². The number of hydrogen-bond acceptors (Lipinski definition) is 3. The maximum Gasteiger partial charge on any atom is 0.204 e. The number of aromatic nitrogens is 2. The monoisotopic (exact) mass is 226 g/mol. The maximum absolute atomic E-state index is 4.24. The molecule has 0 aliphatic carbocycles. The van der Waals surface area contributed by atoms with Gasteiger partial charge in [0.05, 0.1) is 0 Å². The summed E-state index contributed by atoms with van der Waals surface area (Å²) in [6, 6.07) is 7.87. The van der Waals surface area contributed by atoms with Gasteiger partial charge in [0, 0.05) is 22.9 Å². The topological polar surface area (TPSA) is 25.8 Å². The number of benzene rings is 1. The van der Waals surface area contributed by atoms with Crippen LogP contribution in [0, 0.1) is 11.8 Å². The summed E-state index contributed by atoms with van der Waals surface area (Å²) in [6.45, 7) is 1.77. The molecule has 78 valence electrons. The van der Waals surface area contributed by atoms with Crippen LogP contribution in [0.3, 0.4) is 0 Å². The average Bonchev–Trinajstić information content (AvgIpc) is 2.32. The van der Waals surface area contributed by atoms with Crippen molar-refractivity contribution < 1.29 is 0 Å². The first-order valence-corrected chi connectivity index (χ1v) is 5.28. The molecule has 2 nitrogen and oxygen atoms in total. The van der Waals surface area contributed by atoms with Crippen molar-refractivity contribution in [2.45, 2.75) is 11.8 Å². The first kappa shape index (κ1) is 10.7. The summed E-state index contributed by atoms with van der Waals surface area (Å²) in [5.74, 6) is 6.13. The Morgan fingerprint density at radius 3 is 2.19 bits per heavy atom. The molecule has 0 aliphatic heterocycles. The van der Waals surface area contributed by atoms with Gasteiger partial charge in [0.1, 0.15) is 0 Å². The predicted molar refractivity (Wildman–Crippen MR) is 67.3 cm³/mol. The fourth-order valence-electron chi connectivity index (χ4n) is 1.31. The zero-order chi connectivity index (χ0) is 11.4. The molecule has 3 heteroatoms. The molecule has 1 heterocycles. The zero-order valence-corrected chi connectivity index (χ0v) is 9.70. The van der Waals surface area contributed by atoms with Crippen LogP contribution in [0.2, 0.25) is 0 Å². The van der Waals surface area contributed by atoms with Gasteiger partial charge >= 0.3 is 0 Å². The average molecular weight is 226 g/mol. The van der Waals surface area contributed by atoms with Crippen molar-refractivity contribution >= 4 is 12.6 Å². The quantitative estimate of drug-likeness (QED) is 0.597. The van der Waals surface area contributed by atoms with E-state index in [-0.39, 0.29) is 0 Å². The first-order valence-electron chi connectivity index (χ1n) is 4.84. The molecule has 0 atom stereocenters. The van der Waals surface area contributed by atoms with Crippen LogP contribution < -0.4 is 0 Å². The van der Waals surface area contributed by atoms with Gasteiger partial charge < -0.3 is 0 Å². The summed E-state index contributed by atoms with van der Waals surface area (Å²) in [7, 11) is 0. The lowest BCUT2D eigenvalue weighted by molar-refractivity contribution is 1.13. The summed E-state index contributed by atoms with van der Waals surface area (Å²) in [5, 5.41) is 0. The zero-order valence-electron chi connectivity index (χ0n) is 8.81. The third-order valence-corrected chi connectivity index (χ3v) is 2.39. The molecule has 0 amide bonds. The predicted octanol–water partition coefficient (Wildman–Crippen LogP) is 2.80. The van der Waals surface area contributed by atoms with E-state index in [9.17, 15) is 0 Å². The van der Waals surface area contributed by atoms with Gasteiger partial charge in [-0.1, -0.05) is 18.1 Å². The molecule has 0 unspecified atom stereocenters. The van der Waals surface area contributed by atoms with Crippen molar-refractivity contribution in [3.63, 3.8) is 0 Å². The Bertz CT molecular complexity index is 533. The lowest BCUT2D eigenvalue weighted by atomic mass is 10.1. The van der Waals surface area contributed by atoms with E-state index in [2.05, 4.69) is 34.4 Å². The molecule has 2 aromatic rings. The van der Waals surface area contributed by atoms with Gasteiger partial charge in [0.2, 0.25) is 5.82 Å². The molecule has 0 bridgehead atoms. The largest absolute Gasteiger partial charge is 0.229 e. The summed E-state index contributed by atoms with van der Waals surface area (Å²) in [6.07, 6.45) is 3.56. The third kappa shape index (κ3) is 2.41. The highest BCUT2D eigenvalue weighted by Gasteiger charge is 1.98. The van der Waals surface area contributed by atoms with Crippen molar-refractivity contribution in [1.29, 1.82) is 0 Å². The molecule has 0 saturated carbocycles. The molecule has 0 fully saturated rings. The van der Waals surface area contributed by atoms with Crippen LogP contribution in [-0.2, 0) is 0 Å². The SMILES string of the molecule is CC#Cc1ncc(-c2ccc(S)cc2)cn1. The molecular weight excluding hydrogens is 216 g/mol. The standard InChI is InChI=1S/C13H10N2S/c1-2-3-13-14-8-11(9-15-13)10-4-6-12(16)7-5-10/h4-9,16H,1H3. The van der Waals surface area contributed by atoms with Crippen molar-refractivity contribution in [3.05, 3.63) is 42.5 Å². The maximum atomic E-state index is 4.24. The lowest BCUT2D eigenvalue weighted by Crippen LogP contribution is -1.89. The van der Waals surface area contributed by atoms with Crippen LogP contribution in [0.15, 0.2) is 41.6 Å². The highest BCUT2D eigenvalue weighted by molar-refractivity contribution is 7.80. The smallest absolute Gasteiger partial charge is 0.204 e. The highest BCUT2D eigenvalue weighted by atomic mass is 32.1. The van der Waals surface area contributed by atoms with E-state index in [4.69, 9.17) is 0 Å². The Labute approximate surface area is 100 Å². The molecule has 1 aromatic heterocycles. The van der Waals surface area contributed by atoms with Crippen LogP contribution >= 0.6 is 12.6 Å². The third-order valence-electron chi connectivity index (χ3n) is 2.09. The number of hydrogen-bond donors (Lipinski definition) is 1. The summed E-state index contributed by atoms with van der Waals surface area (Å²) in [4.78, 5) is 9.27. The number of nitrogens with zero attached hydrogens (tertiary/aromatic N) is 2. The minimum absolute atomic E-state index is 0.553. The van der Waals surface area contributed by atoms with Crippen molar-refractivity contribution in [1.82, 2.24) is 9.97 Å². The van der Waals surface area contributed by atoms with Gasteiger partial charge in [-0.15, -0.1) is 12.6 Å². The summed E-state index contributed by atoms with van der Waals surface area (Å²) in [5.41, 5.74) is 2.06. The Balaban J connectivity index is 2.33. The second-order valence-electron chi connectivity index (χ2n) is 3.22. The summed E-state index contributed by atoms with van der Waals surface area (Å²) < 4.78 is 0. The van der Waals surface area contributed by atoms with E-state index < -0.39 is 0 Å². The Kier molecular flexibility index (Phi) is 3.23. The van der Waals surface area contributed by atoms with Crippen LogP contribution in [-0.4, -0.2) is 9.97 Å². The van der Waals surface area contributed by atoms with Gasteiger partial charge in [0.15, 0.2) is 0 Å². The second-order valence-corrected chi connectivity index (χ2v) is 3.73. The van der Waals surface area contributed by atoms with E-state index >= 15 is 0 Å². The minimum atomic E-state index is 0.553. The van der Waals surface area contributed by atoms with E-state index in [0.717, 1.165) is 16.0 Å². The molecule has 0 radical (unpaired) electrons. The molecule has 1 aromatic carbocycles. The Morgan fingerprint density at radius 1 is 1.00 bits per heavy atom. The Hall–Kier alpha value is -1.79. The molecule has 0 N–H and O–H groups in total. The van der Waals surface area contributed by atoms with E-state index in [1.54, 1.807) is 19.3 Å². The fraction of sp³-hybridized carbons (Fsp3) is 0.0769. The van der Waals surface area contributed by atoms with Gasteiger partial charge in [0.25, 0.3) is 0 Å². The van der Waals surface area contributed by atoms with Crippen LogP contribution in [0.25, 0.3) is 11.1 Å². The number of thiol groups is 1. The van der Waals surface area contributed by atoms with Crippen LogP contribution in [0.1, 0.15) is 12.7 Å². The van der Waals surface area contributed by atoms with E-state index in [1.165, 1.54) is 0 Å². The van der Waals surface area contributed by atoms with Crippen molar-refractivity contribution in [2.24, 2.45) is 0 Å². The Morgan fingerprint density at radius 2 is 1.62 bits per heavy atom. The second kappa shape index (κ2) is 4.82. The molecule has 0 aliphatic rings. The molecule has 0 saturated heterocycles. The molecule has 2 rings (SSSR count). The lowest BCUT2D eigenvalue weighted by Gasteiger charge is -2.00. The van der Waals surface area contributed by atoms with Crippen LogP contribution in [0.4, 0.5) is 0 Å². The first-order chi connectivity index (χ1) is 7.79. The molecule has 16 heavy (non-hydrogen) atoms. The summed E-state index contributed by atoms with van der Waals surface area (Å²) >= 11 is 4.24. The highest BCUT2D eigenvalue weighted by Crippen LogP contribution is 2.19.